The lowest BCUT2D eigenvalue weighted by atomic mass is 10.2. The number of benzene rings is 1. The first-order chi connectivity index (χ1) is 17.2. The first-order valence-electron chi connectivity index (χ1n) is 10.6. The van der Waals surface area contributed by atoms with Crippen molar-refractivity contribution in [3.63, 3.8) is 0 Å². The van der Waals surface area contributed by atoms with Crippen molar-refractivity contribution in [2.75, 3.05) is 30.9 Å². The second kappa shape index (κ2) is 12.1. The molecule has 0 atom stereocenters. The van der Waals surface area contributed by atoms with Crippen LogP contribution in [0.5, 0.6) is 0 Å². The summed E-state index contributed by atoms with van der Waals surface area (Å²) in [5.41, 5.74) is 1.09. The van der Waals surface area contributed by atoms with Gasteiger partial charge in [0.2, 0.25) is 0 Å². The van der Waals surface area contributed by atoms with Gasteiger partial charge in [-0.15, -0.1) is 0 Å². The van der Waals surface area contributed by atoms with Gasteiger partial charge >= 0.3 is 12.1 Å². The molecule has 36 heavy (non-hydrogen) atoms. The number of nitrogens with one attached hydrogen (secondary N) is 2. The summed E-state index contributed by atoms with van der Waals surface area (Å²) in [5, 5.41) is 9.15. The fraction of sp³-hybridized carbons (Fsp3) is 0.261. The second-order valence-electron chi connectivity index (χ2n) is 7.56. The largest absolute Gasteiger partial charge is 0.460 e. The minimum Gasteiger partial charge on any atom is -0.460 e. The summed E-state index contributed by atoms with van der Waals surface area (Å²) >= 11 is 6.12. The highest BCUT2D eigenvalue weighted by molar-refractivity contribution is 6.30. The van der Waals surface area contributed by atoms with Crippen molar-refractivity contribution in [1.82, 2.24) is 20.1 Å². The Labute approximate surface area is 211 Å². The molecule has 2 amide bonds. The minimum absolute atomic E-state index is 0.00729. The Bertz CT molecular complexity index is 1270. The molecule has 0 aliphatic rings. The van der Waals surface area contributed by atoms with Crippen LogP contribution in [-0.4, -0.2) is 53.4 Å². The van der Waals surface area contributed by atoms with Crippen LogP contribution in [-0.2, 0) is 27.6 Å². The standard InChI is InChI=1S/C23H24ClFN6O5/c1-14-6-7-17(16(25)9-14)28-22(33)18-10-19(24)31(29-18)13-36-23(34)30(3)21-15(5-4-8-27-21)12-35-20(32)11-26-2/h4-10,26H,11-13H2,1-3H3,(H,28,33). The van der Waals surface area contributed by atoms with Crippen molar-refractivity contribution in [3.05, 3.63) is 70.4 Å². The van der Waals surface area contributed by atoms with Gasteiger partial charge in [-0.05, 0) is 37.7 Å². The van der Waals surface area contributed by atoms with Crippen molar-refractivity contribution in [3.8, 4) is 0 Å². The number of carbonyl (C=O) groups excluding carboxylic acids is 3. The zero-order valence-corrected chi connectivity index (χ0v) is 20.5. The Morgan fingerprint density at radius 3 is 2.69 bits per heavy atom. The number of aryl methyl sites for hydroxylation is 1. The zero-order valence-electron chi connectivity index (χ0n) is 19.7. The highest BCUT2D eigenvalue weighted by atomic mass is 35.5. The predicted molar refractivity (Wildman–Crippen MR) is 129 cm³/mol. The van der Waals surface area contributed by atoms with E-state index in [1.807, 2.05) is 0 Å². The van der Waals surface area contributed by atoms with E-state index in [4.69, 9.17) is 21.1 Å². The van der Waals surface area contributed by atoms with Crippen LogP contribution in [0.4, 0.5) is 20.7 Å². The first-order valence-corrected chi connectivity index (χ1v) is 11.0. The normalized spacial score (nSPS) is 10.6. The Morgan fingerprint density at radius 2 is 1.97 bits per heavy atom. The summed E-state index contributed by atoms with van der Waals surface area (Å²) < 4.78 is 25.5. The number of hydrogen-bond donors (Lipinski definition) is 2. The van der Waals surface area contributed by atoms with E-state index in [1.165, 1.54) is 31.4 Å². The molecule has 3 aromatic rings. The SMILES string of the molecule is CNCC(=O)OCc1cccnc1N(C)C(=O)OCn1nc(C(=O)Nc2ccc(C)cc2F)cc1Cl. The number of pyridine rings is 1. The third-order valence-corrected chi connectivity index (χ3v) is 5.12. The van der Waals surface area contributed by atoms with E-state index >= 15 is 0 Å². The molecule has 0 fully saturated rings. The summed E-state index contributed by atoms with van der Waals surface area (Å²) in [5.74, 6) is -1.51. The number of carbonyl (C=O) groups is 3. The van der Waals surface area contributed by atoms with Gasteiger partial charge in [-0.25, -0.2) is 18.9 Å². The molecule has 0 aliphatic carbocycles. The predicted octanol–water partition coefficient (Wildman–Crippen LogP) is 3.12. The molecule has 0 saturated carbocycles. The molecule has 0 saturated heterocycles. The van der Waals surface area contributed by atoms with Gasteiger partial charge in [-0.3, -0.25) is 14.5 Å². The maximum absolute atomic E-state index is 14.0. The van der Waals surface area contributed by atoms with E-state index < -0.39 is 30.5 Å². The van der Waals surface area contributed by atoms with Gasteiger partial charge in [0.15, 0.2) is 12.4 Å². The Hall–Kier alpha value is -4.03. The summed E-state index contributed by atoms with van der Waals surface area (Å²) in [4.78, 5) is 42.0. The average Bonchev–Trinajstić information content (AvgIpc) is 3.23. The molecule has 0 unspecified atom stereocenters. The molecule has 2 heterocycles. The van der Waals surface area contributed by atoms with Crippen molar-refractivity contribution in [2.45, 2.75) is 20.3 Å². The number of ether oxygens (including phenoxy) is 2. The van der Waals surface area contributed by atoms with Gasteiger partial charge in [-0.2, -0.15) is 5.10 Å². The van der Waals surface area contributed by atoms with Crippen LogP contribution in [0, 0.1) is 12.7 Å². The summed E-state index contributed by atoms with van der Waals surface area (Å²) in [6.45, 7) is 1.27. The summed E-state index contributed by atoms with van der Waals surface area (Å²) in [6.07, 6.45) is 0.681. The number of rotatable bonds is 9. The van der Waals surface area contributed by atoms with E-state index in [0.717, 1.165) is 9.58 Å². The molecule has 1 aromatic carbocycles. The lowest BCUT2D eigenvalue weighted by Crippen LogP contribution is -2.30. The number of aromatic nitrogens is 3. The van der Waals surface area contributed by atoms with Gasteiger partial charge in [0.1, 0.15) is 23.4 Å². The molecule has 13 heteroatoms. The third kappa shape index (κ3) is 6.77. The fourth-order valence-corrected chi connectivity index (χ4v) is 3.19. The molecule has 2 N–H and O–H groups in total. The van der Waals surface area contributed by atoms with Crippen LogP contribution in [0.3, 0.4) is 0 Å². The lowest BCUT2D eigenvalue weighted by molar-refractivity contribution is -0.143. The van der Waals surface area contributed by atoms with Crippen LogP contribution in [0.2, 0.25) is 5.15 Å². The molecule has 190 valence electrons. The number of anilines is 2. The fourth-order valence-electron chi connectivity index (χ4n) is 3.00. The minimum atomic E-state index is -0.796. The van der Waals surface area contributed by atoms with E-state index in [1.54, 1.807) is 32.2 Å². The Kier molecular flexibility index (Phi) is 8.92. The van der Waals surface area contributed by atoms with E-state index in [0.29, 0.717) is 11.1 Å². The molecule has 11 nitrogen and oxygen atoms in total. The Balaban J connectivity index is 1.62. The van der Waals surface area contributed by atoms with Crippen molar-refractivity contribution in [2.24, 2.45) is 0 Å². The number of halogens is 2. The van der Waals surface area contributed by atoms with E-state index in [-0.39, 0.29) is 35.5 Å². The highest BCUT2D eigenvalue weighted by Crippen LogP contribution is 2.20. The van der Waals surface area contributed by atoms with Gasteiger partial charge < -0.3 is 20.1 Å². The van der Waals surface area contributed by atoms with Crippen molar-refractivity contribution < 1.29 is 28.2 Å². The van der Waals surface area contributed by atoms with Crippen LogP contribution in [0.1, 0.15) is 21.6 Å². The molecule has 0 aliphatic heterocycles. The summed E-state index contributed by atoms with van der Waals surface area (Å²) in [7, 11) is 3.05. The van der Waals surface area contributed by atoms with Gasteiger partial charge in [-0.1, -0.05) is 23.7 Å². The van der Waals surface area contributed by atoms with Crippen molar-refractivity contribution >= 4 is 41.1 Å². The van der Waals surface area contributed by atoms with Gasteiger partial charge in [0.05, 0.1) is 12.2 Å². The first kappa shape index (κ1) is 26.6. The topological polar surface area (TPSA) is 128 Å². The van der Waals surface area contributed by atoms with Crippen LogP contribution < -0.4 is 15.5 Å². The molecule has 0 radical (unpaired) electrons. The number of likely N-dealkylation sites (N-methyl/N-ethyl adjacent to an activating group) is 1. The van der Waals surface area contributed by atoms with Crippen LogP contribution in [0.25, 0.3) is 0 Å². The molecular formula is C23H24ClFN6O5. The van der Waals surface area contributed by atoms with Crippen LogP contribution in [0.15, 0.2) is 42.6 Å². The van der Waals surface area contributed by atoms with Gasteiger partial charge in [0, 0.05) is 24.9 Å². The maximum Gasteiger partial charge on any atom is 0.417 e. The number of esters is 1. The van der Waals surface area contributed by atoms with Crippen LogP contribution >= 0.6 is 11.6 Å². The van der Waals surface area contributed by atoms with Gasteiger partial charge in [0.25, 0.3) is 5.91 Å². The van der Waals surface area contributed by atoms with Crippen molar-refractivity contribution in [1.29, 1.82) is 0 Å². The average molecular weight is 519 g/mol. The quantitative estimate of drug-likeness (QED) is 0.414. The number of hydrogen-bond acceptors (Lipinski definition) is 8. The molecule has 0 bridgehead atoms. The van der Waals surface area contributed by atoms with E-state index in [2.05, 4.69) is 20.7 Å². The number of amides is 2. The Morgan fingerprint density at radius 1 is 1.19 bits per heavy atom. The smallest absolute Gasteiger partial charge is 0.417 e. The molecule has 0 spiro atoms. The monoisotopic (exact) mass is 518 g/mol. The zero-order chi connectivity index (χ0) is 26.2. The lowest BCUT2D eigenvalue weighted by Gasteiger charge is -2.19. The molecule has 2 aromatic heterocycles. The maximum atomic E-state index is 14.0. The third-order valence-electron chi connectivity index (χ3n) is 4.82. The molecule has 3 rings (SSSR count). The number of nitrogens with zero attached hydrogens (tertiary/aromatic N) is 4. The van der Waals surface area contributed by atoms with E-state index in [9.17, 15) is 18.8 Å². The summed E-state index contributed by atoms with van der Waals surface area (Å²) in [6, 6.07) is 8.94. The molecular weight excluding hydrogens is 495 g/mol. The second-order valence-corrected chi connectivity index (χ2v) is 7.95. The highest BCUT2D eigenvalue weighted by Gasteiger charge is 2.20.